The SMILES string of the molecule is c1cc(-c2nnc3ccc(N4CCC(N5CCOCC5)C4)nn23)cs1. The molecule has 0 spiro atoms. The van der Waals surface area contributed by atoms with Gasteiger partial charge in [0.1, 0.15) is 5.82 Å². The Kier molecular flexibility index (Phi) is 3.88. The Labute approximate surface area is 149 Å². The molecule has 0 radical (unpaired) electrons. The number of rotatable bonds is 3. The fourth-order valence-electron chi connectivity index (χ4n) is 3.71. The Morgan fingerprint density at radius 2 is 2.00 bits per heavy atom. The zero-order valence-electron chi connectivity index (χ0n) is 13.9. The summed E-state index contributed by atoms with van der Waals surface area (Å²) in [6.45, 7) is 5.85. The van der Waals surface area contributed by atoms with Crippen LogP contribution in [0.1, 0.15) is 6.42 Å². The van der Waals surface area contributed by atoms with E-state index in [1.165, 1.54) is 6.42 Å². The quantitative estimate of drug-likeness (QED) is 0.713. The van der Waals surface area contributed by atoms with Crippen molar-refractivity contribution in [1.82, 2.24) is 24.7 Å². The number of aromatic nitrogens is 4. The van der Waals surface area contributed by atoms with Crippen LogP contribution in [0.2, 0.25) is 0 Å². The maximum absolute atomic E-state index is 5.47. The summed E-state index contributed by atoms with van der Waals surface area (Å²) in [5, 5.41) is 17.5. The van der Waals surface area contributed by atoms with Crippen LogP contribution in [-0.4, -0.2) is 70.1 Å². The Morgan fingerprint density at radius 3 is 2.84 bits per heavy atom. The second kappa shape index (κ2) is 6.36. The second-order valence-electron chi connectivity index (χ2n) is 6.53. The van der Waals surface area contributed by atoms with Crippen molar-refractivity contribution in [3.05, 3.63) is 29.0 Å². The molecule has 2 aliphatic heterocycles. The van der Waals surface area contributed by atoms with Crippen LogP contribution < -0.4 is 4.90 Å². The van der Waals surface area contributed by atoms with E-state index in [0.29, 0.717) is 6.04 Å². The standard InChI is InChI=1S/C17H20N6OS/c1-2-16(22-5-3-14(11-22)21-6-8-24-9-7-21)20-23-15(1)18-19-17(23)13-4-10-25-12-13/h1-2,4,10,12,14H,3,5-9,11H2. The second-order valence-corrected chi connectivity index (χ2v) is 7.31. The number of ether oxygens (including phenoxy) is 1. The molecule has 0 saturated carbocycles. The maximum Gasteiger partial charge on any atom is 0.186 e. The molecule has 8 heteroatoms. The van der Waals surface area contributed by atoms with Crippen molar-refractivity contribution in [1.29, 1.82) is 0 Å². The molecule has 0 N–H and O–H groups in total. The molecule has 3 aromatic rings. The molecule has 0 aromatic carbocycles. The van der Waals surface area contributed by atoms with Gasteiger partial charge >= 0.3 is 0 Å². The van der Waals surface area contributed by atoms with E-state index >= 15 is 0 Å². The lowest BCUT2D eigenvalue weighted by atomic mass is 10.2. The first-order valence-corrected chi connectivity index (χ1v) is 9.64. The van der Waals surface area contributed by atoms with Crippen LogP contribution in [0.5, 0.6) is 0 Å². The highest BCUT2D eigenvalue weighted by Crippen LogP contribution is 2.25. The highest BCUT2D eigenvalue weighted by Gasteiger charge is 2.29. The number of fused-ring (bicyclic) bond motifs is 1. The van der Waals surface area contributed by atoms with Crippen LogP contribution in [0.3, 0.4) is 0 Å². The predicted octanol–water partition coefficient (Wildman–Crippen LogP) is 1.76. The van der Waals surface area contributed by atoms with Crippen molar-refractivity contribution in [2.24, 2.45) is 0 Å². The third kappa shape index (κ3) is 2.80. The Bertz CT molecular complexity index is 857. The van der Waals surface area contributed by atoms with E-state index in [0.717, 1.165) is 62.2 Å². The molecular weight excluding hydrogens is 336 g/mol. The number of morpholine rings is 1. The molecule has 5 heterocycles. The van der Waals surface area contributed by atoms with Crippen molar-refractivity contribution in [2.75, 3.05) is 44.3 Å². The summed E-state index contributed by atoms with van der Waals surface area (Å²) < 4.78 is 7.34. The molecule has 2 saturated heterocycles. The van der Waals surface area contributed by atoms with Crippen molar-refractivity contribution in [3.63, 3.8) is 0 Å². The molecule has 3 aromatic heterocycles. The van der Waals surface area contributed by atoms with Crippen LogP contribution in [0.4, 0.5) is 5.82 Å². The molecule has 130 valence electrons. The molecule has 1 atom stereocenters. The van der Waals surface area contributed by atoms with Gasteiger partial charge in [-0.2, -0.15) is 15.9 Å². The van der Waals surface area contributed by atoms with E-state index in [1.54, 1.807) is 11.3 Å². The van der Waals surface area contributed by atoms with Gasteiger partial charge in [-0.3, -0.25) is 4.90 Å². The van der Waals surface area contributed by atoms with Gasteiger partial charge in [-0.25, -0.2) is 0 Å². The molecule has 0 aliphatic carbocycles. The summed E-state index contributed by atoms with van der Waals surface area (Å²) in [5.74, 6) is 1.81. The van der Waals surface area contributed by atoms with Crippen molar-refractivity contribution >= 4 is 22.8 Å². The Hall–Kier alpha value is -2.03. The number of nitrogens with zero attached hydrogens (tertiary/aromatic N) is 6. The minimum Gasteiger partial charge on any atom is -0.379 e. The summed E-state index contributed by atoms with van der Waals surface area (Å²) in [7, 11) is 0. The maximum atomic E-state index is 5.47. The normalized spacial score (nSPS) is 22.1. The van der Waals surface area contributed by atoms with Crippen LogP contribution in [0.25, 0.3) is 17.0 Å². The van der Waals surface area contributed by atoms with Gasteiger partial charge in [0, 0.05) is 43.2 Å². The van der Waals surface area contributed by atoms with E-state index in [1.807, 2.05) is 16.0 Å². The highest BCUT2D eigenvalue weighted by atomic mass is 32.1. The first-order valence-electron chi connectivity index (χ1n) is 8.70. The van der Waals surface area contributed by atoms with Gasteiger partial charge in [-0.15, -0.1) is 15.3 Å². The Morgan fingerprint density at radius 1 is 1.08 bits per heavy atom. The fraction of sp³-hybridized carbons (Fsp3) is 0.471. The average molecular weight is 356 g/mol. The average Bonchev–Trinajstić information content (AvgIpc) is 3.41. The van der Waals surface area contributed by atoms with E-state index in [9.17, 15) is 0 Å². The lowest BCUT2D eigenvalue weighted by molar-refractivity contribution is 0.0209. The molecule has 1 unspecified atom stereocenters. The largest absolute Gasteiger partial charge is 0.379 e. The number of hydrogen-bond acceptors (Lipinski definition) is 7. The summed E-state index contributed by atoms with van der Waals surface area (Å²) in [5.41, 5.74) is 1.85. The van der Waals surface area contributed by atoms with Gasteiger partial charge in [0.15, 0.2) is 11.5 Å². The van der Waals surface area contributed by atoms with Crippen LogP contribution in [0, 0.1) is 0 Å². The smallest absolute Gasteiger partial charge is 0.186 e. The van der Waals surface area contributed by atoms with E-state index in [2.05, 4.69) is 37.5 Å². The topological polar surface area (TPSA) is 58.8 Å². The highest BCUT2D eigenvalue weighted by molar-refractivity contribution is 7.08. The van der Waals surface area contributed by atoms with Crippen LogP contribution in [-0.2, 0) is 4.74 Å². The third-order valence-corrected chi connectivity index (χ3v) is 5.76. The monoisotopic (exact) mass is 356 g/mol. The first-order chi connectivity index (χ1) is 12.4. The predicted molar refractivity (Wildman–Crippen MR) is 97.1 cm³/mol. The summed E-state index contributed by atoms with van der Waals surface area (Å²) in [4.78, 5) is 4.93. The van der Waals surface area contributed by atoms with Gasteiger partial charge in [-0.1, -0.05) is 0 Å². The first kappa shape index (κ1) is 15.2. The van der Waals surface area contributed by atoms with E-state index in [4.69, 9.17) is 9.84 Å². The molecule has 2 aliphatic rings. The van der Waals surface area contributed by atoms with Crippen molar-refractivity contribution in [2.45, 2.75) is 12.5 Å². The number of thiophene rings is 1. The molecule has 7 nitrogen and oxygen atoms in total. The van der Waals surface area contributed by atoms with Crippen LogP contribution >= 0.6 is 11.3 Å². The van der Waals surface area contributed by atoms with Crippen molar-refractivity contribution in [3.8, 4) is 11.4 Å². The van der Waals surface area contributed by atoms with Crippen LogP contribution in [0.15, 0.2) is 29.0 Å². The molecule has 0 bridgehead atoms. The van der Waals surface area contributed by atoms with Crippen molar-refractivity contribution < 1.29 is 4.74 Å². The molecular formula is C17H20N6OS. The molecule has 25 heavy (non-hydrogen) atoms. The fourth-order valence-corrected chi connectivity index (χ4v) is 4.34. The summed E-state index contributed by atoms with van der Waals surface area (Å²) in [6.07, 6.45) is 1.18. The third-order valence-electron chi connectivity index (χ3n) is 5.08. The molecule has 5 rings (SSSR count). The molecule has 2 fully saturated rings. The Balaban J connectivity index is 1.40. The van der Waals surface area contributed by atoms with Gasteiger partial charge in [0.25, 0.3) is 0 Å². The minimum atomic E-state index is 0.596. The summed E-state index contributed by atoms with van der Waals surface area (Å²) in [6, 6.07) is 6.72. The lowest BCUT2D eigenvalue weighted by Crippen LogP contribution is -2.44. The number of anilines is 1. The lowest BCUT2D eigenvalue weighted by Gasteiger charge is -2.32. The zero-order valence-corrected chi connectivity index (χ0v) is 14.7. The van der Waals surface area contributed by atoms with E-state index < -0.39 is 0 Å². The number of hydrogen-bond donors (Lipinski definition) is 0. The molecule has 0 amide bonds. The van der Waals surface area contributed by atoms with Gasteiger partial charge in [-0.05, 0) is 30.0 Å². The summed E-state index contributed by atoms with van der Waals surface area (Å²) >= 11 is 1.66. The van der Waals surface area contributed by atoms with Gasteiger partial charge in [0.05, 0.1) is 13.2 Å². The van der Waals surface area contributed by atoms with Gasteiger partial charge in [0.2, 0.25) is 0 Å². The zero-order chi connectivity index (χ0) is 16.6. The van der Waals surface area contributed by atoms with Gasteiger partial charge < -0.3 is 9.64 Å². The minimum absolute atomic E-state index is 0.596. The van der Waals surface area contributed by atoms with E-state index in [-0.39, 0.29) is 0 Å².